The second-order valence-electron chi connectivity index (χ2n) is 7.50. The molecule has 0 N–H and O–H groups in total. The average Bonchev–Trinajstić information content (AvgIpc) is 3.20. The molecular weight excluding hydrogens is 442 g/mol. The van der Waals surface area contributed by atoms with Crippen molar-refractivity contribution in [2.75, 3.05) is 39.0 Å². The van der Waals surface area contributed by atoms with E-state index in [4.69, 9.17) is 4.42 Å². The smallest absolute Gasteiger partial charge is 0.373 e. The normalized spacial score (nSPS) is 14.6. The SMILES string of the molecule is COC(=O)c1ccc(CN2CCCN(C(=O)CSc3nccc(-c4ccccn4)n3)CC2)o1. The molecule has 3 aromatic rings. The summed E-state index contributed by atoms with van der Waals surface area (Å²) in [5.74, 6) is 0.772. The van der Waals surface area contributed by atoms with Gasteiger partial charge in [0.15, 0.2) is 5.16 Å². The number of amides is 1. The number of thioether (sulfide) groups is 1. The number of ether oxygens (including phenoxy) is 1. The van der Waals surface area contributed by atoms with E-state index < -0.39 is 5.97 Å². The van der Waals surface area contributed by atoms with Crippen molar-refractivity contribution in [3.63, 3.8) is 0 Å². The van der Waals surface area contributed by atoms with Crippen molar-refractivity contribution in [1.29, 1.82) is 0 Å². The summed E-state index contributed by atoms with van der Waals surface area (Å²) in [6.07, 6.45) is 4.28. The number of esters is 1. The van der Waals surface area contributed by atoms with Gasteiger partial charge in [-0.3, -0.25) is 14.7 Å². The number of nitrogens with zero attached hydrogens (tertiary/aromatic N) is 5. The van der Waals surface area contributed by atoms with Crippen LogP contribution >= 0.6 is 11.8 Å². The quantitative estimate of drug-likeness (QED) is 0.295. The molecule has 0 saturated carbocycles. The lowest BCUT2D eigenvalue weighted by Crippen LogP contribution is -2.36. The highest BCUT2D eigenvalue weighted by Gasteiger charge is 2.21. The van der Waals surface area contributed by atoms with Gasteiger partial charge in [0.1, 0.15) is 5.76 Å². The van der Waals surface area contributed by atoms with E-state index in [2.05, 4.69) is 24.6 Å². The van der Waals surface area contributed by atoms with Crippen molar-refractivity contribution < 1.29 is 18.7 Å². The monoisotopic (exact) mass is 467 g/mol. The maximum Gasteiger partial charge on any atom is 0.373 e. The molecule has 172 valence electrons. The molecule has 1 fully saturated rings. The van der Waals surface area contributed by atoms with Crippen LogP contribution in [0, 0.1) is 0 Å². The van der Waals surface area contributed by atoms with Crippen molar-refractivity contribution in [3.05, 3.63) is 60.3 Å². The first-order valence-electron chi connectivity index (χ1n) is 10.7. The van der Waals surface area contributed by atoms with Gasteiger partial charge in [-0.1, -0.05) is 17.8 Å². The third kappa shape index (κ3) is 6.17. The molecule has 4 rings (SSSR count). The van der Waals surface area contributed by atoms with Crippen LogP contribution in [0.4, 0.5) is 0 Å². The Bertz CT molecular complexity index is 1090. The highest BCUT2D eigenvalue weighted by atomic mass is 32.2. The van der Waals surface area contributed by atoms with E-state index in [0.717, 1.165) is 30.9 Å². The summed E-state index contributed by atoms with van der Waals surface area (Å²) in [6.45, 7) is 3.51. The zero-order valence-electron chi connectivity index (χ0n) is 18.3. The fourth-order valence-corrected chi connectivity index (χ4v) is 4.29. The highest BCUT2D eigenvalue weighted by molar-refractivity contribution is 7.99. The Balaban J connectivity index is 1.28. The first-order chi connectivity index (χ1) is 16.1. The Labute approximate surface area is 196 Å². The fraction of sp³-hybridized carbons (Fsp3) is 0.348. The van der Waals surface area contributed by atoms with E-state index in [9.17, 15) is 9.59 Å². The van der Waals surface area contributed by atoms with E-state index in [1.165, 1.54) is 18.9 Å². The minimum atomic E-state index is -0.485. The molecule has 1 aliphatic rings. The summed E-state index contributed by atoms with van der Waals surface area (Å²) >= 11 is 1.34. The molecule has 10 heteroatoms. The number of carbonyl (C=O) groups is 2. The molecule has 1 saturated heterocycles. The summed E-state index contributed by atoms with van der Waals surface area (Å²) in [7, 11) is 1.33. The van der Waals surface area contributed by atoms with Crippen molar-refractivity contribution in [2.24, 2.45) is 0 Å². The van der Waals surface area contributed by atoms with Crippen LogP contribution in [0.3, 0.4) is 0 Å². The Kier molecular flexibility index (Phi) is 7.69. The van der Waals surface area contributed by atoms with E-state index in [0.29, 0.717) is 30.6 Å². The van der Waals surface area contributed by atoms with E-state index in [1.54, 1.807) is 24.5 Å². The molecule has 0 unspecified atom stereocenters. The number of hydrogen-bond donors (Lipinski definition) is 0. The van der Waals surface area contributed by atoms with Gasteiger partial charge < -0.3 is 14.1 Å². The van der Waals surface area contributed by atoms with Gasteiger partial charge in [0.25, 0.3) is 0 Å². The van der Waals surface area contributed by atoms with Gasteiger partial charge >= 0.3 is 5.97 Å². The van der Waals surface area contributed by atoms with Gasteiger partial charge in [-0.15, -0.1) is 0 Å². The molecular formula is C23H25N5O4S. The first kappa shape index (κ1) is 22.9. The van der Waals surface area contributed by atoms with Crippen LogP contribution in [0.2, 0.25) is 0 Å². The largest absolute Gasteiger partial charge is 0.463 e. The van der Waals surface area contributed by atoms with E-state index >= 15 is 0 Å². The molecule has 3 aromatic heterocycles. The molecule has 1 amide bonds. The topological polar surface area (TPSA) is 102 Å². The van der Waals surface area contributed by atoms with Crippen LogP contribution < -0.4 is 0 Å². The summed E-state index contributed by atoms with van der Waals surface area (Å²) in [4.78, 5) is 41.6. The van der Waals surface area contributed by atoms with Crippen LogP contribution in [0.15, 0.2) is 58.4 Å². The lowest BCUT2D eigenvalue weighted by atomic mass is 10.3. The molecule has 0 bridgehead atoms. The van der Waals surface area contributed by atoms with Gasteiger partial charge in [0.2, 0.25) is 11.7 Å². The van der Waals surface area contributed by atoms with Crippen LogP contribution in [0.1, 0.15) is 22.7 Å². The molecule has 0 radical (unpaired) electrons. The molecule has 33 heavy (non-hydrogen) atoms. The molecule has 0 aliphatic carbocycles. The lowest BCUT2D eigenvalue weighted by Gasteiger charge is -2.21. The summed E-state index contributed by atoms with van der Waals surface area (Å²) in [5, 5.41) is 0.558. The molecule has 0 spiro atoms. The van der Waals surface area contributed by atoms with Crippen molar-refractivity contribution in [3.8, 4) is 11.4 Å². The maximum absolute atomic E-state index is 12.8. The third-order valence-electron chi connectivity index (χ3n) is 5.25. The molecule has 0 aromatic carbocycles. The summed E-state index contributed by atoms with van der Waals surface area (Å²) in [5.41, 5.74) is 1.51. The lowest BCUT2D eigenvalue weighted by molar-refractivity contribution is -0.128. The molecule has 0 atom stereocenters. The fourth-order valence-electron chi connectivity index (χ4n) is 3.56. The van der Waals surface area contributed by atoms with Crippen LogP contribution in [0.25, 0.3) is 11.4 Å². The van der Waals surface area contributed by atoms with Gasteiger partial charge in [0.05, 0.1) is 30.8 Å². The number of rotatable bonds is 7. The summed E-state index contributed by atoms with van der Waals surface area (Å²) in [6, 6.07) is 10.9. The molecule has 9 nitrogen and oxygen atoms in total. The van der Waals surface area contributed by atoms with Crippen LogP contribution in [0.5, 0.6) is 0 Å². The second kappa shape index (κ2) is 11.1. The van der Waals surface area contributed by atoms with Crippen LogP contribution in [-0.4, -0.2) is 75.7 Å². The number of carbonyl (C=O) groups excluding carboxylic acids is 2. The summed E-state index contributed by atoms with van der Waals surface area (Å²) < 4.78 is 10.2. The average molecular weight is 468 g/mol. The maximum atomic E-state index is 12.8. The Morgan fingerprint density at radius 1 is 1.03 bits per heavy atom. The predicted octanol–water partition coefficient (Wildman–Crippen LogP) is 2.74. The Morgan fingerprint density at radius 2 is 1.94 bits per heavy atom. The second-order valence-corrected chi connectivity index (χ2v) is 8.44. The van der Waals surface area contributed by atoms with Gasteiger partial charge in [-0.25, -0.2) is 14.8 Å². The minimum Gasteiger partial charge on any atom is -0.463 e. The van der Waals surface area contributed by atoms with E-state index in [1.807, 2.05) is 29.2 Å². The van der Waals surface area contributed by atoms with Gasteiger partial charge in [0, 0.05) is 38.6 Å². The zero-order chi connectivity index (χ0) is 23.0. The molecule has 1 aliphatic heterocycles. The minimum absolute atomic E-state index is 0.0691. The van der Waals surface area contributed by atoms with Crippen LogP contribution in [-0.2, 0) is 16.1 Å². The number of hydrogen-bond acceptors (Lipinski definition) is 9. The zero-order valence-corrected chi connectivity index (χ0v) is 19.2. The number of furan rings is 1. The Hall–Kier alpha value is -3.24. The van der Waals surface area contributed by atoms with Gasteiger partial charge in [-0.2, -0.15) is 0 Å². The Morgan fingerprint density at radius 3 is 2.76 bits per heavy atom. The number of aromatic nitrogens is 3. The van der Waals surface area contributed by atoms with Crippen molar-refractivity contribution >= 4 is 23.6 Å². The molecule has 4 heterocycles. The number of methoxy groups -OCH3 is 1. The first-order valence-corrected chi connectivity index (χ1v) is 11.7. The van der Waals surface area contributed by atoms with E-state index in [-0.39, 0.29) is 17.4 Å². The number of pyridine rings is 1. The van der Waals surface area contributed by atoms with Gasteiger partial charge in [-0.05, 0) is 36.8 Å². The van der Waals surface area contributed by atoms with Crippen molar-refractivity contribution in [2.45, 2.75) is 18.1 Å². The standard InChI is InChI=1S/C23H25N5O4S/c1-31-22(30)20-7-6-17(32-20)15-27-11-4-12-28(14-13-27)21(29)16-33-23-25-10-8-19(26-23)18-5-2-3-9-24-18/h2-3,5-10H,4,11-16H2,1H3. The highest BCUT2D eigenvalue weighted by Crippen LogP contribution is 2.19. The van der Waals surface area contributed by atoms with Crippen molar-refractivity contribution in [1.82, 2.24) is 24.8 Å². The predicted molar refractivity (Wildman–Crippen MR) is 123 cm³/mol. The third-order valence-corrected chi connectivity index (χ3v) is 6.10.